The summed E-state index contributed by atoms with van der Waals surface area (Å²) in [7, 11) is 0. The number of aryl methyl sites for hydroxylation is 1. The van der Waals surface area contributed by atoms with Crippen molar-refractivity contribution in [1.82, 2.24) is 15.3 Å². The van der Waals surface area contributed by atoms with Crippen LogP contribution in [0.25, 0.3) is 10.7 Å². The first-order valence-electron chi connectivity index (χ1n) is 5.38. The van der Waals surface area contributed by atoms with E-state index in [1.165, 1.54) is 0 Å². The van der Waals surface area contributed by atoms with E-state index >= 15 is 0 Å². The average molecular weight is 233 g/mol. The molecule has 0 aliphatic carbocycles. The fourth-order valence-corrected chi connectivity index (χ4v) is 2.15. The molecule has 0 radical (unpaired) electrons. The summed E-state index contributed by atoms with van der Waals surface area (Å²) in [6.45, 7) is 5.86. The molecule has 0 aliphatic rings. The molecule has 0 saturated heterocycles. The molecule has 2 heterocycles. The minimum atomic E-state index is 0.804. The molecule has 0 aromatic carbocycles. The zero-order chi connectivity index (χ0) is 11.4. The van der Waals surface area contributed by atoms with E-state index in [1.807, 2.05) is 24.4 Å². The number of thiophene rings is 1. The van der Waals surface area contributed by atoms with Crippen molar-refractivity contribution in [3.63, 3.8) is 0 Å². The van der Waals surface area contributed by atoms with E-state index < -0.39 is 0 Å². The van der Waals surface area contributed by atoms with Crippen LogP contribution in [0, 0.1) is 6.92 Å². The quantitative estimate of drug-likeness (QED) is 0.882. The van der Waals surface area contributed by atoms with E-state index in [2.05, 4.69) is 28.3 Å². The molecule has 0 atom stereocenters. The van der Waals surface area contributed by atoms with Gasteiger partial charge in [-0.1, -0.05) is 13.0 Å². The molecule has 0 amide bonds. The predicted octanol–water partition coefficient (Wildman–Crippen LogP) is 2.62. The zero-order valence-corrected chi connectivity index (χ0v) is 10.3. The van der Waals surface area contributed by atoms with Gasteiger partial charge in [0.05, 0.1) is 10.6 Å². The van der Waals surface area contributed by atoms with Crippen LogP contribution in [0.5, 0.6) is 0 Å². The van der Waals surface area contributed by atoms with Crippen LogP contribution in [0.3, 0.4) is 0 Å². The minimum Gasteiger partial charge on any atom is -0.311 e. The second-order valence-electron chi connectivity index (χ2n) is 3.58. The van der Waals surface area contributed by atoms with Gasteiger partial charge in [-0.05, 0) is 31.0 Å². The third-order valence-corrected chi connectivity index (χ3v) is 3.07. The Morgan fingerprint density at radius 1 is 1.38 bits per heavy atom. The van der Waals surface area contributed by atoms with E-state index in [9.17, 15) is 0 Å². The van der Waals surface area contributed by atoms with E-state index in [4.69, 9.17) is 0 Å². The van der Waals surface area contributed by atoms with Crippen molar-refractivity contribution in [2.75, 3.05) is 6.54 Å². The SMILES string of the molecule is CCNCc1cc(C)nc(-c2cccs2)n1. The molecule has 2 rings (SSSR count). The van der Waals surface area contributed by atoms with Crippen LogP contribution in [0.4, 0.5) is 0 Å². The molecule has 84 valence electrons. The Hall–Kier alpha value is -1.26. The summed E-state index contributed by atoms with van der Waals surface area (Å²) in [5, 5.41) is 5.32. The van der Waals surface area contributed by atoms with Gasteiger partial charge in [-0.25, -0.2) is 9.97 Å². The second kappa shape index (κ2) is 5.18. The Kier molecular flexibility index (Phi) is 3.64. The smallest absolute Gasteiger partial charge is 0.169 e. The van der Waals surface area contributed by atoms with Crippen molar-refractivity contribution in [1.29, 1.82) is 0 Å². The number of nitrogens with one attached hydrogen (secondary N) is 1. The van der Waals surface area contributed by atoms with Gasteiger partial charge in [0, 0.05) is 12.2 Å². The molecule has 0 saturated carbocycles. The summed E-state index contributed by atoms with van der Waals surface area (Å²) < 4.78 is 0. The molecule has 16 heavy (non-hydrogen) atoms. The zero-order valence-electron chi connectivity index (χ0n) is 9.53. The monoisotopic (exact) mass is 233 g/mol. The van der Waals surface area contributed by atoms with Crippen LogP contribution in [0.2, 0.25) is 0 Å². The van der Waals surface area contributed by atoms with Gasteiger partial charge >= 0.3 is 0 Å². The van der Waals surface area contributed by atoms with Crippen molar-refractivity contribution in [2.45, 2.75) is 20.4 Å². The second-order valence-corrected chi connectivity index (χ2v) is 4.53. The molecular weight excluding hydrogens is 218 g/mol. The van der Waals surface area contributed by atoms with Gasteiger partial charge in [-0.2, -0.15) is 0 Å². The van der Waals surface area contributed by atoms with Crippen LogP contribution < -0.4 is 5.32 Å². The molecule has 4 heteroatoms. The first-order valence-corrected chi connectivity index (χ1v) is 6.26. The highest BCUT2D eigenvalue weighted by atomic mass is 32.1. The van der Waals surface area contributed by atoms with E-state index in [-0.39, 0.29) is 0 Å². The average Bonchev–Trinajstić information content (AvgIpc) is 2.79. The van der Waals surface area contributed by atoms with E-state index in [0.29, 0.717) is 0 Å². The molecule has 2 aromatic rings. The molecule has 1 N–H and O–H groups in total. The van der Waals surface area contributed by atoms with Gasteiger partial charge in [0.25, 0.3) is 0 Å². The number of rotatable bonds is 4. The molecule has 0 spiro atoms. The topological polar surface area (TPSA) is 37.8 Å². The lowest BCUT2D eigenvalue weighted by Crippen LogP contribution is -2.13. The van der Waals surface area contributed by atoms with E-state index in [1.54, 1.807) is 11.3 Å². The van der Waals surface area contributed by atoms with Gasteiger partial charge in [0.15, 0.2) is 5.82 Å². The van der Waals surface area contributed by atoms with Gasteiger partial charge in [-0.3, -0.25) is 0 Å². The predicted molar refractivity (Wildman–Crippen MR) is 67.5 cm³/mol. The fourth-order valence-electron chi connectivity index (χ4n) is 1.49. The maximum atomic E-state index is 4.55. The lowest BCUT2D eigenvalue weighted by molar-refractivity contribution is 0.708. The van der Waals surface area contributed by atoms with Crippen molar-refractivity contribution in [3.8, 4) is 10.7 Å². The molecule has 0 aliphatic heterocycles. The van der Waals surface area contributed by atoms with Crippen LogP contribution in [0.1, 0.15) is 18.3 Å². The fraction of sp³-hybridized carbons (Fsp3) is 0.333. The maximum Gasteiger partial charge on any atom is 0.169 e. The molecule has 0 fully saturated rings. The standard InChI is InChI=1S/C12H15N3S/c1-3-13-8-10-7-9(2)14-12(15-10)11-5-4-6-16-11/h4-7,13H,3,8H2,1-2H3. The molecule has 0 bridgehead atoms. The molecule has 2 aromatic heterocycles. The van der Waals surface area contributed by atoms with Crippen molar-refractivity contribution >= 4 is 11.3 Å². The summed E-state index contributed by atoms with van der Waals surface area (Å²) in [4.78, 5) is 10.1. The molecule has 3 nitrogen and oxygen atoms in total. The Balaban J connectivity index is 2.29. The Labute approximate surface area is 99.6 Å². The first-order chi connectivity index (χ1) is 7.79. The summed E-state index contributed by atoms with van der Waals surface area (Å²) >= 11 is 1.67. The van der Waals surface area contributed by atoms with Crippen LogP contribution in [-0.4, -0.2) is 16.5 Å². The van der Waals surface area contributed by atoms with Crippen LogP contribution in [0.15, 0.2) is 23.6 Å². The summed E-state index contributed by atoms with van der Waals surface area (Å²) in [5.41, 5.74) is 2.07. The highest BCUT2D eigenvalue weighted by Crippen LogP contribution is 2.21. The number of nitrogens with zero attached hydrogens (tertiary/aromatic N) is 2. The van der Waals surface area contributed by atoms with Crippen molar-refractivity contribution in [2.24, 2.45) is 0 Å². The van der Waals surface area contributed by atoms with Gasteiger partial charge < -0.3 is 5.32 Å². The van der Waals surface area contributed by atoms with Crippen LogP contribution >= 0.6 is 11.3 Å². The van der Waals surface area contributed by atoms with Crippen molar-refractivity contribution < 1.29 is 0 Å². The third kappa shape index (κ3) is 2.65. The lowest BCUT2D eigenvalue weighted by atomic mass is 10.3. The molecule has 0 unspecified atom stereocenters. The Bertz CT molecular complexity index is 451. The van der Waals surface area contributed by atoms with Gasteiger partial charge in [0.1, 0.15) is 0 Å². The van der Waals surface area contributed by atoms with E-state index in [0.717, 1.165) is 35.2 Å². The largest absolute Gasteiger partial charge is 0.311 e. The van der Waals surface area contributed by atoms with Gasteiger partial charge in [-0.15, -0.1) is 11.3 Å². The summed E-state index contributed by atoms with van der Waals surface area (Å²) in [6, 6.07) is 6.10. The Morgan fingerprint density at radius 3 is 2.94 bits per heavy atom. The third-order valence-electron chi connectivity index (χ3n) is 2.20. The lowest BCUT2D eigenvalue weighted by Gasteiger charge is -2.05. The van der Waals surface area contributed by atoms with Crippen molar-refractivity contribution in [3.05, 3.63) is 35.0 Å². The highest BCUT2D eigenvalue weighted by Gasteiger charge is 2.05. The first kappa shape index (κ1) is 11.2. The number of hydrogen-bond donors (Lipinski definition) is 1. The minimum absolute atomic E-state index is 0.804. The maximum absolute atomic E-state index is 4.55. The number of aromatic nitrogens is 2. The Morgan fingerprint density at radius 2 is 2.25 bits per heavy atom. The number of hydrogen-bond acceptors (Lipinski definition) is 4. The normalized spacial score (nSPS) is 10.6. The summed E-state index contributed by atoms with van der Waals surface area (Å²) in [5.74, 6) is 0.836. The molecular formula is C12H15N3S. The van der Waals surface area contributed by atoms with Crippen LogP contribution in [-0.2, 0) is 6.54 Å². The summed E-state index contributed by atoms with van der Waals surface area (Å²) in [6.07, 6.45) is 0. The highest BCUT2D eigenvalue weighted by molar-refractivity contribution is 7.13. The van der Waals surface area contributed by atoms with Gasteiger partial charge in [0.2, 0.25) is 0 Å².